The molecule has 2 aromatic rings. The van der Waals surface area contributed by atoms with Gasteiger partial charge in [-0.1, -0.05) is 30.3 Å². The van der Waals surface area contributed by atoms with Crippen LogP contribution in [0.3, 0.4) is 0 Å². The van der Waals surface area contributed by atoms with Crippen molar-refractivity contribution in [2.75, 3.05) is 5.32 Å². The number of carbonyl (C=O) groups excluding carboxylic acids is 1. The zero-order valence-corrected chi connectivity index (χ0v) is 10.7. The van der Waals surface area contributed by atoms with Crippen molar-refractivity contribution in [3.63, 3.8) is 0 Å². The minimum atomic E-state index is -1.05. The SMILES string of the molecule is O=C(Nc1ccccc1)Sc1ccccc1C(=O)O. The van der Waals surface area contributed by atoms with E-state index in [1.807, 2.05) is 18.2 Å². The van der Waals surface area contributed by atoms with Gasteiger partial charge in [0.2, 0.25) is 0 Å². The molecule has 0 atom stereocenters. The maximum absolute atomic E-state index is 11.8. The van der Waals surface area contributed by atoms with Crippen LogP contribution in [0.5, 0.6) is 0 Å². The van der Waals surface area contributed by atoms with E-state index >= 15 is 0 Å². The average Bonchev–Trinajstić information content (AvgIpc) is 2.40. The van der Waals surface area contributed by atoms with Crippen molar-refractivity contribution in [1.82, 2.24) is 0 Å². The van der Waals surface area contributed by atoms with E-state index in [0.717, 1.165) is 11.8 Å². The number of hydrogen-bond donors (Lipinski definition) is 2. The van der Waals surface area contributed by atoms with Gasteiger partial charge >= 0.3 is 5.97 Å². The van der Waals surface area contributed by atoms with E-state index in [0.29, 0.717) is 10.6 Å². The molecule has 2 N–H and O–H groups in total. The van der Waals surface area contributed by atoms with Crippen LogP contribution in [-0.2, 0) is 0 Å². The molecule has 4 nitrogen and oxygen atoms in total. The van der Waals surface area contributed by atoms with Crippen LogP contribution in [0, 0.1) is 0 Å². The molecule has 2 aromatic carbocycles. The summed E-state index contributed by atoms with van der Waals surface area (Å²) in [5.74, 6) is -1.05. The van der Waals surface area contributed by atoms with Crippen molar-refractivity contribution in [2.24, 2.45) is 0 Å². The third-order valence-corrected chi connectivity index (χ3v) is 3.20. The number of benzene rings is 2. The number of carboxylic acids is 1. The van der Waals surface area contributed by atoms with E-state index in [2.05, 4.69) is 5.32 Å². The normalized spacial score (nSPS) is 9.89. The van der Waals surface area contributed by atoms with Crippen molar-refractivity contribution >= 4 is 28.7 Å². The molecule has 0 aliphatic heterocycles. The predicted molar refractivity (Wildman–Crippen MR) is 74.7 cm³/mol. The first-order valence-corrected chi connectivity index (χ1v) is 6.34. The number of anilines is 1. The van der Waals surface area contributed by atoms with E-state index in [9.17, 15) is 9.59 Å². The van der Waals surface area contributed by atoms with E-state index in [-0.39, 0.29) is 10.8 Å². The van der Waals surface area contributed by atoms with Crippen LogP contribution < -0.4 is 5.32 Å². The second-order valence-corrected chi connectivity index (χ2v) is 4.70. The van der Waals surface area contributed by atoms with Gasteiger partial charge in [-0.05, 0) is 36.0 Å². The highest BCUT2D eigenvalue weighted by Crippen LogP contribution is 2.24. The molecular weight excluding hydrogens is 262 g/mol. The molecule has 0 spiro atoms. The summed E-state index contributed by atoms with van der Waals surface area (Å²) in [6, 6.07) is 15.4. The van der Waals surface area contributed by atoms with Crippen molar-refractivity contribution in [1.29, 1.82) is 0 Å². The van der Waals surface area contributed by atoms with Crippen LogP contribution in [0.15, 0.2) is 59.5 Å². The molecule has 0 heterocycles. The summed E-state index contributed by atoms with van der Waals surface area (Å²) in [4.78, 5) is 23.3. The number of carbonyl (C=O) groups is 2. The largest absolute Gasteiger partial charge is 0.478 e. The Morgan fingerprint density at radius 3 is 2.26 bits per heavy atom. The number of thioether (sulfide) groups is 1. The zero-order valence-electron chi connectivity index (χ0n) is 9.87. The summed E-state index contributed by atoms with van der Waals surface area (Å²) in [6.07, 6.45) is 0. The number of aromatic carboxylic acids is 1. The molecule has 5 heteroatoms. The summed E-state index contributed by atoms with van der Waals surface area (Å²) in [6.45, 7) is 0. The number of hydrogen-bond acceptors (Lipinski definition) is 3. The maximum Gasteiger partial charge on any atom is 0.336 e. The number of para-hydroxylation sites is 1. The summed E-state index contributed by atoms with van der Waals surface area (Å²) in [7, 11) is 0. The Morgan fingerprint density at radius 1 is 0.947 bits per heavy atom. The summed E-state index contributed by atoms with van der Waals surface area (Å²) < 4.78 is 0. The number of amides is 1. The first-order valence-electron chi connectivity index (χ1n) is 5.53. The van der Waals surface area contributed by atoms with Crippen LogP contribution in [0.1, 0.15) is 10.4 Å². The third kappa shape index (κ3) is 3.59. The lowest BCUT2D eigenvalue weighted by Crippen LogP contribution is -2.06. The molecule has 19 heavy (non-hydrogen) atoms. The monoisotopic (exact) mass is 273 g/mol. The lowest BCUT2D eigenvalue weighted by molar-refractivity contribution is 0.0693. The van der Waals surface area contributed by atoms with Crippen molar-refractivity contribution in [2.45, 2.75) is 4.90 Å². The molecule has 0 unspecified atom stereocenters. The topological polar surface area (TPSA) is 66.4 Å². The molecule has 1 amide bonds. The third-order valence-electron chi connectivity index (χ3n) is 2.34. The zero-order chi connectivity index (χ0) is 13.7. The van der Waals surface area contributed by atoms with E-state index in [1.165, 1.54) is 6.07 Å². The second-order valence-electron chi connectivity index (χ2n) is 3.68. The lowest BCUT2D eigenvalue weighted by Gasteiger charge is -2.06. The van der Waals surface area contributed by atoms with Gasteiger partial charge in [0, 0.05) is 10.6 Å². The van der Waals surface area contributed by atoms with Crippen LogP contribution in [0.4, 0.5) is 10.5 Å². The predicted octanol–water partition coefficient (Wildman–Crippen LogP) is 3.71. The average molecular weight is 273 g/mol. The fourth-order valence-corrected chi connectivity index (χ4v) is 2.28. The van der Waals surface area contributed by atoms with Gasteiger partial charge in [-0.15, -0.1) is 0 Å². The van der Waals surface area contributed by atoms with Gasteiger partial charge in [0.05, 0.1) is 5.56 Å². The van der Waals surface area contributed by atoms with E-state index in [4.69, 9.17) is 5.11 Å². The second kappa shape index (κ2) is 6.06. The fraction of sp³-hybridized carbons (Fsp3) is 0. The van der Waals surface area contributed by atoms with Gasteiger partial charge in [-0.3, -0.25) is 4.79 Å². The summed E-state index contributed by atoms with van der Waals surface area (Å²) >= 11 is 0.863. The molecule has 0 saturated heterocycles. The highest BCUT2D eigenvalue weighted by Gasteiger charge is 2.13. The standard InChI is InChI=1S/C14H11NO3S/c16-13(17)11-8-4-5-9-12(11)19-14(18)15-10-6-2-1-3-7-10/h1-9H,(H,15,18)(H,16,17). The fourth-order valence-electron chi connectivity index (χ4n) is 1.50. The number of rotatable bonds is 3. The van der Waals surface area contributed by atoms with Crippen LogP contribution in [0.2, 0.25) is 0 Å². The number of nitrogens with one attached hydrogen (secondary N) is 1. The molecule has 0 aliphatic rings. The smallest absolute Gasteiger partial charge is 0.336 e. The molecular formula is C14H11NO3S. The highest BCUT2D eigenvalue weighted by atomic mass is 32.2. The van der Waals surface area contributed by atoms with Crippen LogP contribution >= 0.6 is 11.8 Å². The minimum Gasteiger partial charge on any atom is -0.478 e. The Morgan fingerprint density at radius 2 is 1.58 bits per heavy atom. The summed E-state index contributed by atoms with van der Waals surface area (Å²) in [5.41, 5.74) is 0.795. The van der Waals surface area contributed by atoms with Crippen LogP contribution in [-0.4, -0.2) is 16.3 Å². The van der Waals surface area contributed by atoms with Gasteiger partial charge in [0.1, 0.15) is 0 Å². The Bertz CT molecular complexity index is 599. The Hall–Kier alpha value is -2.27. The molecule has 0 saturated carbocycles. The van der Waals surface area contributed by atoms with E-state index < -0.39 is 5.97 Å². The highest BCUT2D eigenvalue weighted by molar-refractivity contribution is 8.14. The minimum absolute atomic E-state index is 0.121. The van der Waals surface area contributed by atoms with Crippen molar-refractivity contribution in [3.8, 4) is 0 Å². The van der Waals surface area contributed by atoms with Gasteiger partial charge < -0.3 is 10.4 Å². The molecule has 0 bridgehead atoms. The van der Waals surface area contributed by atoms with Crippen LogP contribution in [0.25, 0.3) is 0 Å². The van der Waals surface area contributed by atoms with E-state index in [1.54, 1.807) is 30.3 Å². The first kappa shape index (κ1) is 13.2. The summed E-state index contributed by atoms with van der Waals surface area (Å²) in [5, 5.41) is 11.4. The van der Waals surface area contributed by atoms with Gasteiger partial charge in [0.25, 0.3) is 5.24 Å². The van der Waals surface area contributed by atoms with Gasteiger partial charge in [-0.25, -0.2) is 4.79 Å². The molecule has 0 fully saturated rings. The molecule has 0 aromatic heterocycles. The Kier molecular flexibility index (Phi) is 4.20. The first-order chi connectivity index (χ1) is 9.16. The Balaban J connectivity index is 2.09. The lowest BCUT2D eigenvalue weighted by atomic mass is 10.2. The van der Waals surface area contributed by atoms with Gasteiger partial charge in [0.15, 0.2) is 0 Å². The molecule has 0 aliphatic carbocycles. The van der Waals surface area contributed by atoms with Crippen molar-refractivity contribution in [3.05, 3.63) is 60.2 Å². The molecule has 0 radical (unpaired) electrons. The van der Waals surface area contributed by atoms with Crippen molar-refractivity contribution < 1.29 is 14.7 Å². The maximum atomic E-state index is 11.8. The molecule has 96 valence electrons. The quantitative estimate of drug-likeness (QED) is 0.837. The molecule has 2 rings (SSSR count). The Labute approximate surface area is 114 Å². The van der Waals surface area contributed by atoms with Gasteiger partial charge in [-0.2, -0.15) is 0 Å². The number of carboxylic acid groups (broad SMARTS) is 1.